The molecular weight excluding hydrogens is 432 g/mol. The summed E-state index contributed by atoms with van der Waals surface area (Å²) in [7, 11) is 0. The molecule has 0 radical (unpaired) electrons. The third-order valence-electron chi connectivity index (χ3n) is 6.04. The third-order valence-corrected chi connectivity index (χ3v) is 6.60. The Kier molecular flexibility index (Phi) is 5.74. The largest absolute Gasteiger partial charge is 0.394 e. The van der Waals surface area contributed by atoms with Gasteiger partial charge in [0.05, 0.1) is 23.3 Å². The highest BCUT2D eigenvalue weighted by atomic mass is 79.9. The first-order chi connectivity index (χ1) is 14.0. The minimum Gasteiger partial charge on any atom is -0.394 e. The number of hydrogen-bond donors (Lipinski definition) is 2. The number of nitrogens with zero attached hydrogens (tertiary/aromatic N) is 5. The molecule has 2 N–H and O–H groups in total. The van der Waals surface area contributed by atoms with Gasteiger partial charge in [-0.1, -0.05) is 26.8 Å². The van der Waals surface area contributed by atoms with E-state index in [1.54, 1.807) is 16.9 Å². The molecule has 0 spiro atoms. The maximum absolute atomic E-state index is 10.1. The Morgan fingerprint density at radius 1 is 1.34 bits per heavy atom. The minimum absolute atomic E-state index is 0.0604. The van der Waals surface area contributed by atoms with Gasteiger partial charge in [-0.25, -0.2) is 4.98 Å². The lowest BCUT2D eigenvalue weighted by Crippen LogP contribution is -2.36. The second kappa shape index (κ2) is 8.28. The van der Waals surface area contributed by atoms with Crippen molar-refractivity contribution in [2.24, 2.45) is 17.8 Å². The maximum Gasteiger partial charge on any atom is 0.173 e. The van der Waals surface area contributed by atoms with E-state index in [4.69, 9.17) is 4.98 Å². The van der Waals surface area contributed by atoms with Gasteiger partial charge in [0.25, 0.3) is 0 Å². The van der Waals surface area contributed by atoms with E-state index in [1.165, 1.54) is 0 Å². The van der Waals surface area contributed by atoms with Gasteiger partial charge in [0.1, 0.15) is 11.6 Å². The van der Waals surface area contributed by atoms with Crippen LogP contribution in [0.5, 0.6) is 0 Å². The van der Waals surface area contributed by atoms with Gasteiger partial charge >= 0.3 is 0 Å². The lowest BCUT2D eigenvalue weighted by Gasteiger charge is -2.27. The molecule has 0 amide bonds. The summed E-state index contributed by atoms with van der Waals surface area (Å²) < 4.78 is 2.65. The van der Waals surface area contributed by atoms with E-state index < -0.39 is 0 Å². The van der Waals surface area contributed by atoms with Crippen molar-refractivity contribution in [3.8, 4) is 0 Å². The normalized spacial score (nSPS) is 22.0. The van der Waals surface area contributed by atoms with E-state index in [0.717, 1.165) is 33.9 Å². The highest BCUT2D eigenvalue weighted by Gasteiger charge is 2.40. The Bertz CT molecular complexity index is 976. The predicted molar refractivity (Wildman–Crippen MR) is 118 cm³/mol. The summed E-state index contributed by atoms with van der Waals surface area (Å²) in [6.07, 6.45) is 5.38. The van der Waals surface area contributed by atoms with Crippen LogP contribution in [0.25, 0.3) is 5.65 Å². The van der Waals surface area contributed by atoms with Gasteiger partial charge in [-0.05, 0) is 45.3 Å². The Morgan fingerprint density at radius 3 is 2.86 bits per heavy atom. The van der Waals surface area contributed by atoms with Crippen LogP contribution < -0.4 is 10.2 Å². The Labute approximate surface area is 179 Å². The molecule has 0 saturated carbocycles. The number of halogens is 1. The average molecular weight is 459 g/mol. The second-order valence-electron chi connectivity index (χ2n) is 8.11. The fraction of sp³-hybridized carbons (Fsp3) is 0.476. The molecule has 3 aromatic rings. The topological polar surface area (TPSA) is 78.6 Å². The molecular formula is C21H27BrN6O. The van der Waals surface area contributed by atoms with Crippen LogP contribution in [-0.4, -0.2) is 43.9 Å². The molecule has 4 rings (SSSR count). The van der Waals surface area contributed by atoms with Crippen molar-refractivity contribution < 1.29 is 5.11 Å². The number of aromatic nitrogens is 4. The minimum atomic E-state index is 0.0604. The first-order valence-corrected chi connectivity index (χ1v) is 10.8. The van der Waals surface area contributed by atoms with Crippen LogP contribution in [0.1, 0.15) is 26.3 Å². The highest BCUT2D eigenvalue weighted by molar-refractivity contribution is 9.10. The molecule has 1 fully saturated rings. The van der Waals surface area contributed by atoms with Crippen molar-refractivity contribution in [3.63, 3.8) is 0 Å². The quantitative estimate of drug-likeness (QED) is 0.587. The van der Waals surface area contributed by atoms with E-state index in [9.17, 15) is 5.11 Å². The molecule has 0 aliphatic carbocycles. The lowest BCUT2D eigenvalue weighted by molar-refractivity contribution is 0.219. The molecule has 1 aliphatic heterocycles. The van der Waals surface area contributed by atoms with Crippen LogP contribution in [0.4, 0.5) is 11.6 Å². The molecule has 1 saturated heterocycles. The zero-order chi connectivity index (χ0) is 20.5. The third kappa shape index (κ3) is 3.83. The monoisotopic (exact) mass is 458 g/mol. The second-order valence-corrected chi connectivity index (χ2v) is 8.97. The average Bonchev–Trinajstić information content (AvgIpc) is 3.27. The summed E-state index contributed by atoms with van der Waals surface area (Å²) in [5.41, 5.74) is 1.85. The van der Waals surface area contributed by atoms with Gasteiger partial charge < -0.3 is 15.3 Å². The van der Waals surface area contributed by atoms with Gasteiger partial charge in [0, 0.05) is 31.5 Å². The summed E-state index contributed by atoms with van der Waals surface area (Å²) >= 11 is 3.57. The molecule has 0 aromatic carbocycles. The molecule has 4 heterocycles. The summed E-state index contributed by atoms with van der Waals surface area (Å²) in [6.45, 7) is 8.39. The maximum atomic E-state index is 10.1. The molecule has 7 nitrogen and oxygen atoms in total. The zero-order valence-electron chi connectivity index (χ0n) is 17.0. The zero-order valence-corrected chi connectivity index (χ0v) is 18.5. The number of anilines is 2. The van der Waals surface area contributed by atoms with Gasteiger partial charge in [-0.15, -0.1) is 0 Å². The lowest BCUT2D eigenvalue weighted by atomic mass is 9.84. The van der Waals surface area contributed by atoms with E-state index >= 15 is 0 Å². The number of nitrogens with one attached hydrogen (secondary N) is 1. The number of hydrogen-bond acceptors (Lipinski definition) is 6. The number of aliphatic hydroxyl groups is 1. The fourth-order valence-electron chi connectivity index (χ4n) is 4.34. The van der Waals surface area contributed by atoms with Crippen LogP contribution in [0.3, 0.4) is 0 Å². The van der Waals surface area contributed by atoms with Crippen LogP contribution in [0.15, 0.2) is 41.3 Å². The molecule has 1 unspecified atom stereocenters. The van der Waals surface area contributed by atoms with Gasteiger partial charge in [0.15, 0.2) is 5.65 Å². The molecule has 8 heteroatoms. The molecule has 0 bridgehead atoms. The SMILES string of the molecule is CC(C)[C@H]1CN(c2cc(NCc3cccnc3)n3ncc(Br)c3n2)[C@H](CO)C1C. The van der Waals surface area contributed by atoms with Crippen LogP contribution >= 0.6 is 15.9 Å². The summed E-state index contributed by atoms with van der Waals surface area (Å²) in [5.74, 6) is 3.19. The van der Waals surface area contributed by atoms with Crippen molar-refractivity contribution in [3.05, 3.63) is 46.8 Å². The summed E-state index contributed by atoms with van der Waals surface area (Å²) in [5, 5.41) is 18.0. The van der Waals surface area contributed by atoms with E-state index in [0.29, 0.717) is 24.3 Å². The van der Waals surface area contributed by atoms with Crippen LogP contribution in [0.2, 0.25) is 0 Å². The number of pyridine rings is 1. The Hall–Kier alpha value is -2.19. The van der Waals surface area contributed by atoms with Gasteiger partial charge in [-0.2, -0.15) is 9.61 Å². The molecule has 3 aromatic heterocycles. The molecule has 3 atom stereocenters. The number of aliphatic hydroxyl groups excluding tert-OH is 1. The Balaban J connectivity index is 1.70. The smallest absolute Gasteiger partial charge is 0.173 e. The summed E-state index contributed by atoms with van der Waals surface area (Å²) in [6, 6.07) is 6.06. The summed E-state index contributed by atoms with van der Waals surface area (Å²) in [4.78, 5) is 11.3. The molecule has 154 valence electrons. The highest BCUT2D eigenvalue weighted by Crippen LogP contribution is 2.38. The van der Waals surface area contributed by atoms with Crippen LogP contribution in [0, 0.1) is 17.8 Å². The first kappa shape index (κ1) is 20.1. The van der Waals surface area contributed by atoms with Crippen molar-refractivity contribution in [1.82, 2.24) is 19.6 Å². The first-order valence-electron chi connectivity index (χ1n) is 10.0. The van der Waals surface area contributed by atoms with Crippen molar-refractivity contribution in [1.29, 1.82) is 0 Å². The Morgan fingerprint density at radius 2 is 2.17 bits per heavy atom. The molecule has 29 heavy (non-hydrogen) atoms. The fourth-order valence-corrected chi connectivity index (χ4v) is 4.68. The van der Waals surface area contributed by atoms with Crippen molar-refractivity contribution >= 4 is 33.2 Å². The number of fused-ring (bicyclic) bond motifs is 1. The molecule has 1 aliphatic rings. The van der Waals surface area contributed by atoms with Crippen molar-refractivity contribution in [2.75, 3.05) is 23.4 Å². The predicted octanol–water partition coefficient (Wildman–Crippen LogP) is 3.59. The van der Waals surface area contributed by atoms with Gasteiger partial charge in [0.2, 0.25) is 0 Å². The van der Waals surface area contributed by atoms with E-state index in [2.05, 4.69) is 57.0 Å². The van der Waals surface area contributed by atoms with E-state index in [1.807, 2.05) is 24.4 Å². The standard InChI is InChI=1S/C21H27BrN6O/c1-13(2)16-11-27(18(12-29)14(16)3)20-7-19(24-9-15-5-4-6-23-8-15)28-21(26-20)17(22)10-25-28/h4-8,10,13-14,16,18,24,29H,9,11-12H2,1-3H3/t14?,16-,18-/m1/s1. The number of rotatable bonds is 6. The van der Waals surface area contributed by atoms with E-state index in [-0.39, 0.29) is 12.6 Å². The van der Waals surface area contributed by atoms with Crippen molar-refractivity contribution in [2.45, 2.75) is 33.4 Å². The van der Waals surface area contributed by atoms with Crippen LogP contribution in [-0.2, 0) is 6.54 Å². The van der Waals surface area contributed by atoms with Gasteiger partial charge in [-0.3, -0.25) is 4.98 Å².